The molecule has 1 saturated carbocycles. The fourth-order valence-corrected chi connectivity index (χ4v) is 1.24. The molecule has 0 spiro atoms. The number of anilines is 1. The average molecular weight is 230 g/mol. The largest absolute Gasteiger partial charge is 0.380 e. The summed E-state index contributed by atoms with van der Waals surface area (Å²) >= 11 is 3.19. The number of rotatable bonds is 2. The van der Waals surface area contributed by atoms with Crippen molar-refractivity contribution in [3.05, 3.63) is 21.0 Å². The van der Waals surface area contributed by atoms with Crippen molar-refractivity contribution in [2.45, 2.75) is 18.9 Å². The van der Waals surface area contributed by atoms with E-state index in [9.17, 15) is 4.79 Å². The molecule has 1 heterocycles. The van der Waals surface area contributed by atoms with Crippen molar-refractivity contribution in [2.75, 3.05) is 5.32 Å². The second-order valence-corrected chi connectivity index (χ2v) is 3.64. The van der Waals surface area contributed by atoms with Crippen molar-refractivity contribution in [3.63, 3.8) is 0 Å². The van der Waals surface area contributed by atoms with Crippen LogP contribution in [0.5, 0.6) is 0 Å². The van der Waals surface area contributed by atoms with Gasteiger partial charge in [0, 0.05) is 6.04 Å². The summed E-state index contributed by atoms with van der Waals surface area (Å²) in [4.78, 5) is 11.0. The molecule has 0 bridgehead atoms. The number of hydrogen-bond acceptors (Lipinski definition) is 3. The molecule has 1 aromatic heterocycles. The molecule has 64 valence electrons. The van der Waals surface area contributed by atoms with Gasteiger partial charge in [0.05, 0.1) is 11.9 Å². The number of nitrogens with zero attached hydrogens (tertiary/aromatic N) is 1. The SMILES string of the molecule is O=c1[nH]ncc(NC2CC2)c1Br. The van der Waals surface area contributed by atoms with Crippen LogP contribution in [0.1, 0.15) is 12.8 Å². The van der Waals surface area contributed by atoms with Gasteiger partial charge in [-0.2, -0.15) is 5.10 Å². The number of halogens is 1. The fraction of sp³-hybridized carbons (Fsp3) is 0.429. The maximum absolute atomic E-state index is 11.0. The van der Waals surface area contributed by atoms with Gasteiger partial charge in [-0.05, 0) is 28.8 Å². The summed E-state index contributed by atoms with van der Waals surface area (Å²) in [5.74, 6) is 0. The van der Waals surface area contributed by atoms with Crippen molar-refractivity contribution >= 4 is 21.6 Å². The zero-order valence-electron chi connectivity index (χ0n) is 6.30. The minimum atomic E-state index is -0.194. The van der Waals surface area contributed by atoms with E-state index in [-0.39, 0.29) is 5.56 Å². The highest BCUT2D eigenvalue weighted by Crippen LogP contribution is 2.26. The third-order valence-electron chi connectivity index (χ3n) is 1.73. The molecule has 0 aliphatic heterocycles. The molecule has 0 radical (unpaired) electrons. The summed E-state index contributed by atoms with van der Waals surface area (Å²) in [5, 5.41) is 9.23. The number of aromatic amines is 1. The highest BCUT2D eigenvalue weighted by atomic mass is 79.9. The Hall–Kier alpha value is -0.840. The first-order chi connectivity index (χ1) is 5.77. The van der Waals surface area contributed by atoms with Gasteiger partial charge < -0.3 is 5.32 Å². The second kappa shape index (κ2) is 2.90. The molecule has 0 aromatic carbocycles. The molecule has 5 heteroatoms. The van der Waals surface area contributed by atoms with Crippen LogP contribution < -0.4 is 10.9 Å². The van der Waals surface area contributed by atoms with Crippen LogP contribution in [0.2, 0.25) is 0 Å². The second-order valence-electron chi connectivity index (χ2n) is 2.85. The van der Waals surface area contributed by atoms with E-state index in [4.69, 9.17) is 0 Å². The van der Waals surface area contributed by atoms with E-state index in [1.54, 1.807) is 6.20 Å². The zero-order valence-corrected chi connectivity index (χ0v) is 7.89. The topological polar surface area (TPSA) is 57.8 Å². The number of hydrogen-bond donors (Lipinski definition) is 2. The molecule has 0 saturated heterocycles. The van der Waals surface area contributed by atoms with Crippen LogP contribution in [0.25, 0.3) is 0 Å². The van der Waals surface area contributed by atoms with Crippen LogP contribution in [-0.2, 0) is 0 Å². The lowest BCUT2D eigenvalue weighted by Gasteiger charge is -2.03. The van der Waals surface area contributed by atoms with Crippen LogP contribution in [0.15, 0.2) is 15.5 Å². The van der Waals surface area contributed by atoms with Crippen LogP contribution in [0.4, 0.5) is 5.69 Å². The Morgan fingerprint density at radius 2 is 2.42 bits per heavy atom. The molecule has 12 heavy (non-hydrogen) atoms. The number of aromatic nitrogens is 2. The molecular weight excluding hydrogens is 222 g/mol. The first-order valence-corrected chi connectivity index (χ1v) is 4.56. The summed E-state index contributed by atoms with van der Waals surface area (Å²) in [6.45, 7) is 0. The zero-order chi connectivity index (χ0) is 8.55. The van der Waals surface area contributed by atoms with Crippen LogP contribution in [0, 0.1) is 0 Å². The minimum absolute atomic E-state index is 0.194. The smallest absolute Gasteiger partial charge is 0.280 e. The molecule has 2 N–H and O–H groups in total. The molecule has 0 unspecified atom stereocenters. The molecule has 0 atom stereocenters. The summed E-state index contributed by atoms with van der Waals surface area (Å²) in [7, 11) is 0. The highest BCUT2D eigenvalue weighted by Gasteiger charge is 2.22. The van der Waals surface area contributed by atoms with Crippen molar-refractivity contribution in [3.8, 4) is 0 Å². The van der Waals surface area contributed by atoms with E-state index < -0.39 is 0 Å². The van der Waals surface area contributed by atoms with Gasteiger partial charge in [-0.3, -0.25) is 4.79 Å². The predicted octanol–water partition coefficient (Wildman–Crippen LogP) is 1.11. The van der Waals surface area contributed by atoms with Crippen molar-refractivity contribution in [1.29, 1.82) is 0 Å². The standard InChI is InChI=1S/C7H8BrN3O/c8-6-5(10-4-1-2-4)3-9-11-7(6)12/h3-4H,1-2H2,(H2,10,11,12). The van der Waals surface area contributed by atoms with Crippen LogP contribution in [-0.4, -0.2) is 16.2 Å². The number of nitrogens with one attached hydrogen (secondary N) is 2. The van der Waals surface area contributed by atoms with E-state index in [0.717, 1.165) is 5.69 Å². The first-order valence-electron chi connectivity index (χ1n) is 3.77. The maximum Gasteiger partial charge on any atom is 0.280 e. The third-order valence-corrected chi connectivity index (χ3v) is 2.52. The van der Waals surface area contributed by atoms with Gasteiger partial charge >= 0.3 is 0 Å². The summed E-state index contributed by atoms with van der Waals surface area (Å²) in [6, 6.07) is 0.532. The Morgan fingerprint density at radius 3 is 3.08 bits per heavy atom. The summed E-state index contributed by atoms with van der Waals surface area (Å²) in [5.41, 5.74) is 0.585. The molecule has 1 fully saturated rings. The normalized spacial score (nSPS) is 16.1. The maximum atomic E-state index is 11.0. The lowest BCUT2D eigenvalue weighted by molar-refractivity contribution is 0.971. The van der Waals surface area contributed by atoms with E-state index in [1.165, 1.54) is 12.8 Å². The van der Waals surface area contributed by atoms with Crippen molar-refractivity contribution in [1.82, 2.24) is 10.2 Å². The Kier molecular flexibility index (Phi) is 1.88. The third kappa shape index (κ3) is 1.50. The van der Waals surface area contributed by atoms with Gasteiger partial charge in [0.15, 0.2) is 0 Å². The predicted molar refractivity (Wildman–Crippen MR) is 49.2 cm³/mol. The van der Waals surface area contributed by atoms with Gasteiger partial charge in [-0.15, -0.1) is 0 Å². The molecule has 1 aliphatic rings. The first kappa shape index (κ1) is 7.79. The Balaban J connectivity index is 2.29. The molecule has 1 aliphatic carbocycles. The molecule has 0 amide bonds. The molecule has 2 rings (SSSR count). The van der Waals surface area contributed by atoms with Crippen LogP contribution in [0.3, 0.4) is 0 Å². The summed E-state index contributed by atoms with van der Waals surface area (Å²) in [6.07, 6.45) is 3.97. The number of H-pyrrole nitrogens is 1. The lowest BCUT2D eigenvalue weighted by atomic mass is 10.4. The van der Waals surface area contributed by atoms with Crippen molar-refractivity contribution < 1.29 is 0 Å². The average Bonchev–Trinajstić information content (AvgIpc) is 2.83. The van der Waals surface area contributed by atoms with Gasteiger partial charge in [-0.25, -0.2) is 5.10 Å². The Labute approximate surface area is 77.5 Å². The molecular formula is C7H8BrN3O. The van der Waals surface area contributed by atoms with Crippen LogP contribution >= 0.6 is 15.9 Å². The van der Waals surface area contributed by atoms with Gasteiger partial charge in [0.1, 0.15) is 4.47 Å². The van der Waals surface area contributed by atoms with E-state index in [0.29, 0.717) is 10.5 Å². The van der Waals surface area contributed by atoms with Crippen molar-refractivity contribution in [2.24, 2.45) is 0 Å². The van der Waals surface area contributed by atoms with E-state index >= 15 is 0 Å². The van der Waals surface area contributed by atoms with E-state index in [2.05, 4.69) is 31.4 Å². The Morgan fingerprint density at radius 1 is 1.67 bits per heavy atom. The monoisotopic (exact) mass is 229 g/mol. The van der Waals surface area contributed by atoms with Gasteiger partial charge in [0.2, 0.25) is 0 Å². The fourth-order valence-electron chi connectivity index (χ4n) is 0.932. The molecule has 1 aromatic rings. The van der Waals surface area contributed by atoms with Gasteiger partial charge in [-0.1, -0.05) is 0 Å². The highest BCUT2D eigenvalue weighted by molar-refractivity contribution is 9.10. The Bertz CT molecular complexity index is 345. The lowest BCUT2D eigenvalue weighted by Crippen LogP contribution is -2.12. The summed E-state index contributed by atoms with van der Waals surface area (Å²) < 4.78 is 0.532. The van der Waals surface area contributed by atoms with Gasteiger partial charge in [0.25, 0.3) is 5.56 Å². The molecule has 4 nitrogen and oxygen atoms in total. The minimum Gasteiger partial charge on any atom is -0.380 e. The van der Waals surface area contributed by atoms with E-state index in [1.807, 2.05) is 0 Å². The quantitative estimate of drug-likeness (QED) is 0.799.